The smallest absolute Gasteiger partial charge is 0.298 e. The number of hydrogen-bond donors (Lipinski definition) is 1. The number of amides is 1. The van der Waals surface area contributed by atoms with Crippen LogP contribution in [0.25, 0.3) is 0 Å². The van der Waals surface area contributed by atoms with E-state index in [2.05, 4.69) is 10.3 Å². The normalized spacial score (nSPS) is 17.3. The lowest BCUT2D eigenvalue weighted by atomic mass is 9.95. The van der Waals surface area contributed by atoms with E-state index in [1.165, 1.54) is 24.4 Å². The van der Waals surface area contributed by atoms with Crippen LogP contribution in [0.5, 0.6) is 5.75 Å². The molecular formula is C14H20ClN3O3. The van der Waals surface area contributed by atoms with Crippen LogP contribution >= 0.6 is 11.6 Å². The van der Waals surface area contributed by atoms with Crippen molar-refractivity contribution in [2.45, 2.75) is 51.1 Å². The summed E-state index contributed by atoms with van der Waals surface area (Å²) in [4.78, 5) is 28.4. The molecule has 0 aromatic carbocycles. The molecule has 1 amide bonds. The monoisotopic (exact) mass is 313 g/mol. The molecule has 1 aliphatic carbocycles. The summed E-state index contributed by atoms with van der Waals surface area (Å²) in [5.74, 6) is -0.230. The van der Waals surface area contributed by atoms with Crippen LogP contribution in [0.1, 0.15) is 45.1 Å². The van der Waals surface area contributed by atoms with Crippen molar-refractivity contribution in [1.82, 2.24) is 14.9 Å². The predicted molar refractivity (Wildman–Crippen MR) is 79.8 cm³/mol. The van der Waals surface area contributed by atoms with Gasteiger partial charge in [-0.05, 0) is 19.8 Å². The van der Waals surface area contributed by atoms with Gasteiger partial charge in [-0.25, -0.2) is 4.98 Å². The van der Waals surface area contributed by atoms with Crippen molar-refractivity contribution < 1.29 is 9.53 Å². The lowest BCUT2D eigenvalue weighted by Crippen LogP contribution is -2.42. The Morgan fingerprint density at radius 2 is 2.14 bits per heavy atom. The second kappa shape index (κ2) is 6.93. The summed E-state index contributed by atoms with van der Waals surface area (Å²) in [7, 11) is 1.35. The molecule has 1 aliphatic rings. The average molecular weight is 314 g/mol. The molecule has 1 aromatic rings. The van der Waals surface area contributed by atoms with Gasteiger partial charge in [0.05, 0.1) is 7.11 Å². The number of halogens is 1. The zero-order chi connectivity index (χ0) is 15.4. The first-order valence-corrected chi connectivity index (χ1v) is 7.53. The number of methoxy groups -OCH3 is 1. The van der Waals surface area contributed by atoms with Crippen LogP contribution in [-0.4, -0.2) is 28.6 Å². The first kappa shape index (κ1) is 15.8. The molecule has 0 aliphatic heterocycles. The molecular weight excluding hydrogens is 294 g/mol. The highest BCUT2D eigenvalue weighted by molar-refractivity contribution is 6.30. The lowest BCUT2D eigenvalue weighted by molar-refractivity contribution is -0.124. The molecule has 1 fully saturated rings. The van der Waals surface area contributed by atoms with Crippen molar-refractivity contribution in [3.63, 3.8) is 0 Å². The van der Waals surface area contributed by atoms with Gasteiger partial charge >= 0.3 is 0 Å². The van der Waals surface area contributed by atoms with E-state index in [0.717, 1.165) is 25.7 Å². The molecule has 0 spiro atoms. The van der Waals surface area contributed by atoms with Crippen LogP contribution in [-0.2, 0) is 4.79 Å². The first-order valence-electron chi connectivity index (χ1n) is 7.15. The van der Waals surface area contributed by atoms with Gasteiger partial charge in [-0.1, -0.05) is 30.9 Å². The minimum Gasteiger partial charge on any atom is -0.489 e. The van der Waals surface area contributed by atoms with E-state index in [1.807, 2.05) is 0 Å². The van der Waals surface area contributed by atoms with E-state index < -0.39 is 11.6 Å². The average Bonchev–Trinajstić information content (AvgIpc) is 2.48. The summed E-state index contributed by atoms with van der Waals surface area (Å²) < 4.78 is 6.18. The summed E-state index contributed by atoms with van der Waals surface area (Å²) >= 11 is 5.79. The van der Waals surface area contributed by atoms with Crippen molar-refractivity contribution in [3.8, 4) is 5.75 Å². The number of aromatic nitrogens is 2. The highest BCUT2D eigenvalue weighted by Crippen LogP contribution is 2.19. The maximum absolute atomic E-state index is 12.3. The van der Waals surface area contributed by atoms with Crippen molar-refractivity contribution in [1.29, 1.82) is 0 Å². The van der Waals surface area contributed by atoms with Crippen LogP contribution in [0, 0.1) is 0 Å². The zero-order valence-corrected chi connectivity index (χ0v) is 13.0. The van der Waals surface area contributed by atoms with Gasteiger partial charge in [-0.3, -0.25) is 14.2 Å². The number of nitrogens with one attached hydrogen (secondary N) is 1. The molecule has 6 nitrogen and oxygen atoms in total. The van der Waals surface area contributed by atoms with Crippen LogP contribution in [0.15, 0.2) is 11.1 Å². The Morgan fingerprint density at radius 3 is 2.76 bits per heavy atom. The Hall–Kier alpha value is -1.56. The third kappa shape index (κ3) is 3.56. The Labute approximate surface area is 128 Å². The van der Waals surface area contributed by atoms with Crippen LogP contribution in [0.4, 0.5) is 0 Å². The fourth-order valence-corrected chi connectivity index (χ4v) is 2.77. The van der Waals surface area contributed by atoms with Crippen LogP contribution in [0.3, 0.4) is 0 Å². The van der Waals surface area contributed by atoms with Gasteiger partial charge in [-0.2, -0.15) is 0 Å². The molecule has 116 valence electrons. The highest BCUT2D eigenvalue weighted by atomic mass is 35.5. The molecule has 1 heterocycles. The second-order valence-electron chi connectivity index (χ2n) is 5.30. The van der Waals surface area contributed by atoms with Gasteiger partial charge < -0.3 is 10.1 Å². The number of rotatable bonds is 4. The van der Waals surface area contributed by atoms with E-state index in [1.54, 1.807) is 6.92 Å². The third-order valence-electron chi connectivity index (χ3n) is 3.86. The summed E-state index contributed by atoms with van der Waals surface area (Å²) in [6.45, 7) is 1.66. The molecule has 1 atom stereocenters. The maximum atomic E-state index is 12.3. The molecule has 0 radical (unpaired) electrons. The molecule has 1 N–H and O–H groups in total. The number of carbonyl (C=O) groups is 1. The van der Waals surface area contributed by atoms with Gasteiger partial charge in [0.2, 0.25) is 11.7 Å². The zero-order valence-electron chi connectivity index (χ0n) is 12.3. The molecule has 0 bridgehead atoms. The van der Waals surface area contributed by atoms with Crippen molar-refractivity contribution in [3.05, 3.63) is 21.8 Å². The van der Waals surface area contributed by atoms with Gasteiger partial charge in [-0.15, -0.1) is 0 Å². The van der Waals surface area contributed by atoms with E-state index in [4.69, 9.17) is 16.3 Å². The molecule has 1 unspecified atom stereocenters. The topological polar surface area (TPSA) is 73.2 Å². The molecule has 0 saturated heterocycles. The number of hydrogen-bond acceptors (Lipinski definition) is 4. The number of nitrogens with zero attached hydrogens (tertiary/aromatic N) is 2. The molecule has 7 heteroatoms. The number of carbonyl (C=O) groups excluding carboxylic acids is 1. The lowest BCUT2D eigenvalue weighted by Gasteiger charge is -2.25. The second-order valence-corrected chi connectivity index (χ2v) is 5.66. The summed E-state index contributed by atoms with van der Waals surface area (Å²) in [6.07, 6.45) is 6.76. The quantitative estimate of drug-likeness (QED) is 0.862. The summed E-state index contributed by atoms with van der Waals surface area (Å²) in [6, 6.07) is -0.454. The Kier molecular flexibility index (Phi) is 5.22. The Bertz CT molecular complexity index is 567. The first-order chi connectivity index (χ1) is 10.0. The van der Waals surface area contributed by atoms with E-state index in [9.17, 15) is 9.59 Å². The SMILES string of the molecule is COc1c(Cl)ncn(C(C)C(=O)NC2CCCCC2)c1=O. The van der Waals surface area contributed by atoms with E-state index >= 15 is 0 Å². The standard InChI is InChI=1S/C14H20ClN3O3/c1-9(13(19)17-10-6-4-3-5-7-10)18-8-16-12(15)11(21-2)14(18)20/h8-10H,3-7H2,1-2H3,(H,17,19). The predicted octanol–water partition coefficient (Wildman–Crippen LogP) is 1.92. The van der Waals surface area contributed by atoms with Gasteiger partial charge in [0.15, 0.2) is 5.15 Å². The molecule has 21 heavy (non-hydrogen) atoms. The number of ether oxygens (including phenoxy) is 1. The molecule has 1 saturated carbocycles. The largest absolute Gasteiger partial charge is 0.489 e. The molecule has 2 rings (SSSR count). The van der Waals surface area contributed by atoms with Crippen LogP contribution < -0.4 is 15.6 Å². The fourth-order valence-electron chi connectivity index (χ4n) is 2.57. The van der Waals surface area contributed by atoms with E-state index in [0.29, 0.717) is 0 Å². The fraction of sp³-hybridized carbons (Fsp3) is 0.643. The van der Waals surface area contributed by atoms with Crippen molar-refractivity contribution in [2.24, 2.45) is 0 Å². The van der Waals surface area contributed by atoms with Gasteiger partial charge in [0.1, 0.15) is 12.4 Å². The Morgan fingerprint density at radius 1 is 1.48 bits per heavy atom. The third-order valence-corrected chi connectivity index (χ3v) is 4.13. The van der Waals surface area contributed by atoms with Gasteiger partial charge in [0.25, 0.3) is 5.56 Å². The highest BCUT2D eigenvalue weighted by Gasteiger charge is 2.23. The molecule has 1 aromatic heterocycles. The maximum Gasteiger partial charge on any atom is 0.298 e. The van der Waals surface area contributed by atoms with Crippen molar-refractivity contribution >= 4 is 17.5 Å². The minimum atomic E-state index is -0.655. The van der Waals surface area contributed by atoms with Crippen molar-refractivity contribution in [2.75, 3.05) is 7.11 Å². The summed E-state index contributed by atoms with van der Waals surface area (Å²) in [5, 5.41) is 2.99. The van der Waals surface area contributed by atoms with E-state index in [-0.39, 0.29) is 22.9 Å². The Balaban J connectivity index is 2.13. The summed E-state index contributed by atoms with van der Waals surface area (Å²) in [5.41, 5.74) is -0.455. The minimum absolute atomic E-state index is 0.00126. The van der Waals surface area contributed by atoms with Gasteiger partial charge in [0, 0.05) is 6.04 Å². The van der Waals surface area contributed by atoms with Crippen LogP contribution in [0.2, 0.25) is 5.15 Å².